The fraction of sp³-hybridized carbons (Fsp3) is 0.391. The molecule has 1 aliphatic rings. The van der Waals surface area contributed by atoms with Gasteiger partial charge in [-0.3, -0.25) is 14.5 Å². The number of hydrogen-bond acceptors (Lipinski definition) is 4. The van der Waals surface area contributed by atoms with Gasteiger partial charge >= 0.3 is 0 Å². The number of benzene rings is 2. The Morgan fingerprint density at radius 2 is 1.97 bits per heavy atom. The Kier molecular flexibility index (Phi) is 7.01. The maximum absolute atomic E-state index is 12.6. The van der Waals surface area contributed by atoms with Crippen LogP contribution < -0.4 is 10.6 Å². The van der Waals surface area contributed by atoms with Gasteiger partial charge in [0.15, 0.2) is 0 Å². The molecule has 0 aliphatic carbocycles. The lowest BCUT2D eigenvalue weighted by Gasteiger charge is -2.31. The van der Waals surface area contributed by atoms with Gasteiger partial charge in [0.2, 0.25) is 5.91 Å². The summed E-state index contributed by atoms with van der Waals surface area (Å²) in [7, 11) is 0. The minimum atomic E-state index is -0.163. The minimum absolute atomic E-state index is 0.155. The van der Waals surface area contributed by atoms with Crippen molar-refractivity contribution in [2.75, 3.05) is 25.0 Å². The van der Waals surface area contributed by atoms with Gasteiger partial charge in [-0.1, -0.05) is 30.3 Å². The molecule has 2 aromatic carbocycles. The SMILES string of the molecule is CC(=O)Nc1cc(C(=O)NCc2cccc(CN3CCO[C@H](C)C3)c2)ccc1C. The van der Waals surface area contributed by atoms with Gasteiger partial charge in [-0.25, -0.2) is 0 Å². The number of carbonyl (C=O) groups excluding carboxylic acids is 2. The minimum Gasteiger partial charge on any atom is -0.376 e. The quantitative estimate of drug-likeness (QED) is 0.789. The molecule has 3 rings (SSSR count). The van der Waals surface area contributed by atoms with Crippen molar-refractivity contribution in [1.29, 1.82) is 0 Å². The third-order valence-corrected chi connectivity index (χ3v) is 4.99. The number of hydrogen-bond donors (Lipinski definition) is 2. The fourth-order valence-electron chi connectivity index (χ4n) is 3.50. The summed E-state index contributed by atoms with van der Waals surface area (Å²) in [6.07, 6.45) is 0.267. The molecular formula is C23H29N3O3. The van der Waals surface area contributed by atoms with Gasteiger partial charge in [-0.2, -0.15) is 0 Å². The first-order valence-corrected chi connectivity index (χ1v) is 9.99. The summed E-state index contributed by atoms with van der Waals surface area (Å²) in [6.45, 7) is 9.43. The lowest BCUT2D eigenvalue weighted by molar-refractivity contribution is -0.114. The van der Waals surface area contributed by atoms with Crippen molar-refractivity contribution in [3.05, 3.63) is 64.7 Å². The second-order valence-corrected chi connectivity index (χ2v) is 7.63. The molecule has 0 spiro atoms. The second kappa shape index (κ2) is 9.67. The monoisotopic (exact) mass is 395 g/mol. The Hall–Kier alpha value is -2.70. The van der Waals surface area contributed by atoms with Crippen LogP contribution in [0.3, 0.4) is 0 Å². The third kappa shape index (κ3) is 6.14. The van der Waals surface area contributed by atoms with E-state index in [-0.39, 0.29) is 17.9 Å². The lowest BCUT2D eigenvalue weighted by atomic mass is 10.1. The zero-order valence-electron chi connectivity index (χ0n) is 17.3. The highest BCUT2D eigenvalue weighted by Gasteiger charge is 2.16. The molecule has 0 bridgehead atoms. The van der Waals surface area contributed by atoms with Gasteiger partial charge in [0, 0.05) is 44.4 Å². The van der Waals surface area contributed by atoms with Crippen LogP contribution in [0.15, 0.2) is 42.5 Å². The van der Waals surface area contributed by atoms with Crippen LogP contribution in [0.5, 0.6) is 0 Å². The molecule has 154 valence electrons. The Morgan fingerprint density at radius 3 is 2.72 bits per heavy atom. The Bertz CT molecular complexity index is 881. The van der Waals surface area contributed by atoms with Crippen LogP contribution in [0.25, 0.3) is 0 Å². The first-order chi connectivity index (χ1) is 13.9. The van der Waals surface area contributed by atoms with Gasteiger partial charge in [0.05, 0.1) is 12.7 Å². The highest BCUT2D eigenvalue weighted by atomic mass is 16.5. The first-order valence-electron chi connectivity index (χ1n) is 9.99. The smallest absolute Gasteiger partial charge is 0.251 e. The molecule has 2 N–H and O–H groups in total. The molecule has 1 fully saturated rings. The van der Waals surface area contributed by atoms with E-state index in [1.807, 2.05) is 25.1 Å². The molecule has 0 radical (unpaired) electrons. The van der Waals surface area contributed by atoms with Crippen molar-refractivity contribution in [3.8, 4) is 0 Å². The zero-order chi connectivity index (χ0) is 20.8. The van der Waals surface area contributed by atoms with Gasteiger partial charge in [0.25, 0.3) is 5.91 Å². The van der Waals surface area contributed by atoms with E-state index >= 15 is 0 Å². The number of ether oxygens (including phenoxy) is 1. The largest absolute Gasteiger partial charge is 0.376 e. The van der Waals surface area contributed by atoms with Crippen LogP contribution in [-0.2, 0) is 22.6 Å². The molecule has 2 aromatic rings. The third-order valence-electron chi connectivity index (χ3n) is 4.99. The van der Waals surface area contributed by atoms with Gasteiger partial charge in [-0.05, 0) is 42.7 Å². The Balaban J connectivity index is 1.59. The maximum Gasteiger partial charge on any atom is 0.251 e. The van der Waals surface area contributed by atoms with Crippen LogP contribution in [0, 0.1) is 6.92 Å². The van der Waals surface area contributed by atoms with Crippen molar-refractivity contribution in [2.24, 2.45) is 0 Å². The van der Waals surface area contributed by atoms with Crippen LogP contribution in [-0.4, -0.2) is 42.5 Å². The first kappa shape index (κ1) is 21.0. The van der Waals surface area contributed by atoms with Crippen molar-refractivity contribution < 1.29 is 14.3 Å². The van der Waals surface area contributed by atoms with Crippen molar-refractivity contribution in [3.63, 3.8) is 0 Å². The van der Waals surface area contributed by atoms with Crippen LogP contribution in [0.1, 0.15) is 40.9 Å². The summed E-state index contributed by atoms with van der Waals surface area (Å²) in [5.74, 6) is -0.318. The van der Waals surface area contributed by atoms with E-state index in [4.69, 9.17) is 4.74 Å². The Morgan fingerprint density at radius 1 is 1.17 bits per heavy atom. The number of nitrogens with one attached hydrogen (secondary N) is 2. The van der Waals surface area contributed by atoms with Crippen LogP contribution >= 0.6 is 0 Å². The Labute approximate surface area is 172 Å². The molecule has 1 atom stereocenters. The van der Waals surface area contributed by atoms with E-state index < -0.39 is 0 Å². The zero-order valence-corrected chi connectivity index (χ0v) is 17.3. The van der Waals surface area contributed by atoms with E-state index in [2.05, 4.69) is 34.6 Å². The molecule has 0 unspecified atom stereocenters. The standard InChI is InChI=1S/C23H29N3O3/c1-16-7-8-21(12-22(16)25-18(3)27)23(28)24-13-19-5-4-6-20(11-19)15-26-9-10-29-17(2)14-26/h4-8,11-12,17H,9-10,13-15H2,1-3H3,(H,24,28)(H,25,27)/t17-/m1/s1. The predicted octanol–water partition coefficient (Wildman–Crippen LogP) is 3.10. The topological polar surface area (TPSA) is 70.7 Å². The summed E-state index contributed by atoms with van der Waals surface area (Å²) in [6, 6.07) is 13.6. The van der Waals surface area contributed by atoms with Crippen LogP contribution in [0.2, 0.25) is 0 Å². The molecular weight excluding hydrogens is 366 g/mol. The highest BCUT2D eigenvalue weighted by Crippen LogP contribution is 2.17. The maximum atomic E-state index is 12.6. The molecule has 6 nitrogen and oxygen atoms in total. The summed E-state index contributed by atoms with van der Waals surface area (Å²) in [5.41, 5.74) is 4.40. The van der Waals surface area contributed by atoms with Gasteiger partial charge in [0.1, 0.15) is 0 Å². The predicted molar refractivity (Wildman–Crippen MR) is 114 cm³/mol. The number of rotatable bonds is 6. The molecule has 1 aliphatic heterocycles. The number of anilines is 1. The fourth-order valence-corrected chi connectivity index (χ4v) is 3.50. The molecule has 0 saturated carbocycles. The number of carbonyl (C=O) groups is 2. The van der Waals surface area contributed by atoms with Crippen LogP contribution in [0.4, 0.5) is 5.69 Å². The van der Waals surface area contributed by atoms with Gasteiger partial charge in [-0.15, -0.1) is 0 Å². The van der Waals surface area contributed by atoms with Crippen molar-refractivity contribution >= 4 is 17.5 Å². The number of amides is 2. The molecule has 1 heterocycles. The van der Waals surface area contributed by atoms with E-state index in [9.17, 15) is 9.59 Å². The number of nitrogens with zero attached hydrogens (tertiary/aromatic N) is 1. The number of morpholine rings is 1. The normalized spacial score (nSPS) is 17.0. The molecule has 29 heavy (non-hydrogen) atoms. The summed E-state index contributed by atoms with van der Waals surface area (Å²) in [5, 5.41) is 5.73. The average Bonchev–Trinajstić information content (AvgIpc) is 2.68. The highest BCUT2D eigenvalue weighted by molar-refractivity contribution is 5.97. The molecule has 2 amide bonds. The van der Waals surface area contributed by atoms with E-state index in [0.717, 1.165) is 37.4 Å². The summed E-state index contributed by atoms with van der Waals surface area (Å²) in [4.78, 5) is 26.3. The van der Waals surface area contributed by atoms with Gasteiger partial charge < -0.3 is 15.4 Å². The summed E-state index contributed by atoms with van der Waals surface area (Å²) >= 11 is 0. The average molecular weight is 396 g/mol. The van der Waals surface area contributed by atoms with Crippen molar-refractivity contribution in [2.45, 2.75) is 40.0 Å². The van der Waals surface area contributed by atoms with E-state index in [1.165, 1.54) is 12.5 Å². The lowest BCUT2D eigenvalue weighted by Crippen LogP contribution is -2.40. The van der Waals surface area contributed by atoms with E-state index in [0.29, 0.717) is 17.8 Å². The van der Waals surface area contributed by atoms with Crippen molar-refractivity contribution in [1.82, 2.24) is 10.2 Å². The number of aryl methyl sites for hydroxylation is 1. The molecule has 1 saturated heterocycles. The second-order valence-electron chi connectivity index (χ2n) is 7.63. The molecule has 0 aromatic heterocycles. The van der Waals surface area contributed by atoms with E-state index in [1.54, 1.807) is 12.1 Å². The molecule has 6 heteroatoms. The summed E-state index contributed by atoms with van der Waals surface area (Å²) < 4.78 is 5.60.